The predicted molar refractivity (Wildman–Crippen MR) is 109 cm³/mol. The molecule has 0 amide bonds. The summed E-state index contributed by atoms with van der Waals surface area (Å²) in [6, 6.07) is 5.89. The van der Waals surface area contributed by atoms with Crippen molar-refractivity contribution in [1.29, 1.82) is 0 Å². The Labute approximate surface area is 160 Å². The van der Waals surface area contributed by atoms with Crippen LogP contribution >= 0.6 is 0 Å². The van der Waals surface area contributed by atoms with Crippen molar-refractivity contribution >= 4 is 17.9 Å². The summed E-state index contributed by atoms with van der Waals surface area (Å²) in [4.78, 5) is 16.9. The topological polar surface area (TPSA) is 54.1 Å². The van der Waals surface area contributed by atoms with Gasteiger partial charge >= 0.3 is 0 Å². The van der Waals surface area contributed by atoms with E-state index < -0.39 is 0 Å². The summed E-state index contributed by atoms with van der Waals surface area (Å²) >= 11 is 0. The summed E-state index contributed by atoms with van der Waals surface area (Å²) in [5.41, 5.74) is 3.43. The number of benzene rings is 1. The highest BCUT2D eigenvalue weighted by molar-refractivity contribution is 6.13. The van der Waals surface area contributed by atoms with Crippen LogP contribution in [0.15, 0.2) is 18.2 Å². The molecule has 0 aliphatic heterocycles. The largest absolute Gasteiger partial charge is 0.492 e. The van der Waals surface area contributed by atoms with Crippen LogP contribution in [0.25, 0.3) is 12.2 Å². The fraction of sp³-hybridized carbons (Fsp3) is 0.435. The normalized spacial score (nSPS) is 19.4. The van der Waals surface area contributed by atoms with Crippen molar-refractivity contribution in [2.75, 3.05) is 19.7 Å². The van der Waals surface area contributed by atoms with E-state index in [0.29, 0.717) is 12.5 Å². The van der Waals surface area contributed by atoms with Crippen molar-refractivity contribution in [3.63, 3.8) is 0 Å². The first kappa shape index (κ1) is 18.1. The third-order valence-corrected chi connectivity index (χ3v) is 5.77. The number of hydrogen-bond acceptors (Lipinski definition) is 3. The Bertz CT molecular complexity index is 1010. The lowest BCUT2D eigenvalue weighted by Gasteiger charge is -2.32. The molecule has 0 bridgehead atoms. The number of H-pyrrole nitrogens is 1. The van der Waals surface area contributed by atoms with Gasteiger partial charge < -0.3 is 15.0 Å². The van der Waals surface area contributed by atoms with E-state index in [9.17, 15) is 4.79 Å². The molecule has 2 aromatic rings. The van der Waals surface area contributed by atoms with E-state index in [1.807, 2.05) is 18.2 Å². The van der Waals surface area contributed by atoms with Gasteiger partial charge in [0.2, 0.25) is 0 Å². The molecule has 2 N–H and O–H groups in total. The van der Waals surface area contributed by atoms with Crippen LogP contribution in [0.1, 0.15) is 61.3 Å². The summed E-state index contributed by atoms with van der Waals surface area (Å²) in [5.74, 6) is 1.43. The van der Waals surface area contributed by atoms with Crippen LogP contribution < -0.4 is 20.6 Å². The first-order chi connectivity index (χ1) is 12.9. The summed E-state index contributed by atoms with van der Waals surface area (Å²) in [6.07, 6.45) is 5.44. The number of carbonyl (C=O) groups excluding carboxylic acids is 1. The zero-order valence-electron chi connectivity index (χ0n) is 16.6. The minimum absolute atomic E-state index is 0.121. The maximum Gasteiger partial charge on any atom is 0.195 e. The summed E-state index contributed by atoms with van der Waals surface area (Å²) in [7, 11) is 0. The smallest absolute Gasteiger partial charge is 0.195 e. The van der Waals surface area contributed by atoms with Gasteiger partial charge in [-0.15, -0.1) is 0 Å². The fourth-order valence-electron chi connectivity index (χ4n) is 4.25. The van der Waals surface area contributed by atoms with Gasteiger partial charge in [0.25, 0.3) is 0 Å². The highest BCUT2D eigenvalue weighted by Crippen LogP contribution is 2.40. The van der Waals surface area contributed by atoms with Crippen molar-refractivity contribution in [3.8, 4) is 5.75 Å². The maximum atomic E-state index is 13.3. The second-order valence-corrected chi connectivity index (χ2v) is 8.15. The van der Waals surface area contributed by atoms with E-state index in [2.05, 4.69) is 50.1 Å². The fourth-order valence-corrected chi connectivity index (χ4v) is 4.25. The number of hydrogen-bond donors (Lipinski definition) is 2. The number of likely N-dealkylation sites (N-methyl/N-ethyl adjacent to an activating group) is 1. The van der Waals surface area contributed by atoms with Crippen LogP contribution in [0.3, 0.4) is 0 Å². The first-order valence-corrected chi connectivity index (χ1v) is 9.90. The lowest BCUT2D eigenvalue weighted by molar-refractivity contribution is 0.103. The van der Waals surface area contributed by atoms with Gasteiger partial charge in [-0.05, 0) is 42.6 Å². The van der Waals surface area contributed by atoms with Crippen LogP contribution in [0, 0.1) is 5.92 Å². The third-order valence-electron chi connectivity index (χ3n) is 5.77. The van der Waals surface area contributed by atoms with E-state index in [-0.39, 0.29) is 11.2 Å². The maximum absolute atomic E-state index is 13.3. The van der Waals surface area contributed by atoms with Crippen LogP contribution in [0.2, 0.25) is 0 Å². The molecule has 0 saturated carbocycles. The van der Waals surface area contributed by atoms with Crippen molar-refractivity contribution in [3.05, 3.63) is 51.2 Å². The molecule has 0 spiro atoms. The Morgan fingerprint density at radius 3 is 2.93 bits per heavy atom. The first-order valence-electron chi connectivity index (χ1n) is 9.90. The molecule has 4 heteroatoms. The number of ketones is 1. The molecule has 27 heavy (non-hydrogen) atoms. The Hall–Kier alpha value is -2.33. The molecule has 0 radical (unpaired) electrons. The molecule has 2 aliphatic carbocycles. The van der Waals surface area contributed by atoms with Gasteiger partial charge in [0, 0.05) is 33.8 Å². The lowest BCUT2D eigenvalue weighted by atomic mass is 9.71. The molecule has 1 aromatic carbocycles. The molecule has 4 rings (SSSR count). The molecular formula is C23H28N2O2. The zero-order chi connectivity index (χ0) is 19.2. The number of nitrogens with one attached hydrogen (secondary N) is 2. The van der Waals surface area contributed by atoms with Crippen LogP contribution in [0.4, 0.5) is 0 Å². The van der Waals surface area contributed by atoms with Crippen molar-refractivity contribution < 1.29 is 9.53 Å². The van der Waals surface area contributed by atoms with Gasteiger partial charge in [0.15, 0.2) is 5.78 Å². The van der Waals surface area contributed by atoms with Crippen LogP contribution in [-0.2, 0) is 5.41 Å². The SMILES string of the molecule is CCNCCOc1ccc2c(c1)C(C)(C)c1[nH]c3c(c1C2=O)=CCC(C)C=3. The number of aromatic amines is 1. The lowest BCUT2D eigenvalue weighted by Crippen LogP contribution is -2.34. The van der Waals surface area contributed by atoms with E-state index in [1.54, 1.807) is 0 Å². The molecule has 1 unspecified atom stereocenters. The third kappa shape index (κ3) is 2.92. The minimum Gasteiger partial charge on any atom is -0.492 e. The summed E-state index contributed by atoms with van der Waals surface area (Å²) in [5, 5.41) is 5.43. The zero-order valence-corrected chi connectivity index (χ0v) is 16.6. The van der Waals surface area contributed by atoms with Crippen LogP contribution in [-0.4, -0.2) is 30.5 Å². The van der Waals surface area contributed by atoms with Crippen molar-refractivity contribution in [1.82, 2.24) is 10.3 Å². The van der Waals surface area contributed by atoms with Gasteiger partial charge in [0.1, 0.15) is 12.4 Å². The van der Waals surface area contributed by atoms with Gasteiger partial charge in [-0.25, -0.2) is 0 Å². The number of ether oxygens (including phenoxy) is 1. The molecule has 4 nitrogen and oxygen atoms in total. The molecule has 1 atom stereocenters. The molecular weight excluding hydrogens is 336 g/mol. The van der Waals surface area contributed by atoms with Gasteiger partial charge in [-0.3, -0.25) is 4.79 Å². The minimum atomic E-state index is -0.276. The second kappa shape index (κ2) is 6.68. The monoisotopic (exact) mass is 364 g/mol. The average molecular weight is 364 g/mol. The van der Waals surface area contributed by atoms with Gasteiger partial charge in [0.05, 0.1) is 5.56 Å². The number of aromatic nitrogens is 1. The van der Waals surface area contributed by atoms with Gasteiger partial charge in [-0.1, -0.05) is 39.8 Å². The molecule has 2 aliphatic rings. The quantitative estimate of drug-likeness (QED) is 0.802. The number of carbonyl (C=O) groups is 1. The van der Waals surface area contributed by atoms with E-state index in [0.717, 1.165) is 58.2 Å². The molecule has 1 heterocycles. The highest BCUT2D eigenvalue weighted by Gasteiger charge is 2.39. The Balaban J connectivity index is 1.78. The molecule has 142 valence electrons. The molecule has 1 aromatic heterocycles. The van der Waals surface area contributed by atoms with E-state index >= 15 is 0 Å². The second-order valence-electron chi connectivity index (χ2n) is 8.15. The van der Waals surface area contributed by atoms with Crippen LogP contribution in [0.5, 0.6) is 5.75 Å². The molecule has 0 fully saturated rings. The number of fused-ring (bicyclic) bond motifs is 4. The molecule has 0 saturated heterocycles. The summed E-state index contributed by atoms with van der Waals surface area (Å²) in [6.45, 7) is 11.0. The van der Waals surface area contributed by atoms with Crippen molar-refractivity contribution in [2.45, 2.75) is 39.5 Å². The Morgan fingerprint density at radius 2 is 2.15 bits per heavy atom. The standard InChI is InChI=1S/C23H28N2O2/c1-5-24-10-11-27-15-7-9-16-18(13-15)23(3,4)22-20(21(16)26)17-8-6-14(2)12-19(17)25-22/h7-9,12-14,24-25H,5-6,10-11H2,1-4H3. The van der Waals surface area contributed by atoms with E-state index in [4.69, 9.17) is 4.74 Å². The van der Waals surface area contributed by atoms with E-state index in [1.165, 1.54) is 0 Å². The predicted octanol–water partition coefficient (Wildman–Crippen LogP) is 2.47. The van der Waals surface area contributed by atoms with Gasteiger partial charge in [-0.2, -0.15) is 0 Å². The average Bonchev–Trinajstić information content (AvgIpc) is 3.03. The highest BCUT2D eigenvalue weighted by atomic mass is 16.5. The van der Waals surface area contributed by atoms with Crippen molar-refractivity contribution in [2.24, 2.45) is 5.92 Å². The number of rotatable bonds is 5. The Morgan fingerprint density at radius 1 is 1.33 bits per heavy atom. The summed E-state index contributed by atoms with van der Waals surface area (Å²) < 4.78 is 5.89. The Kier molecular flexibility index (Phi) is 4.47.